The molecule has 1 saturated heterocycles. The van der Waals surface area contributed by atoms with Crippen LogP contribution in [0.5, 0.6) is 0 Å². The number of halogens is 1. The Bertz CT molecular complexity index is 337. The van der Waals surface area contributed by atoms with Crippen molar-refractivity contribution in [2.75, 3.05) is 22.6 Å². The largest absolute Gasteiger partial charge is 0.399 e. The van der Waals surface area contributed by atoms with Crippen molar-refractivity contribution in [2.45, 2.75) is 18.9 Å². The number of rotatable bonds is 2. The van der Waals surface area contributed by atoms with Crippen molar-refractivity contribution in [1.82, 2.24) is 0 Å². The lowest BCUT2D eigenvalue weighted by atomic mass is 10.1. The molecule has 0 saturated carbocycles. The molecule has 0 aromatic heterocycles. The average Bonchev–Trinajstić information content (AvgIpc) is 2.24. The fourth-order valence-corrected chi connectivity index (χ4v) is 2.79. The molecule has 1 aromatic carbocycles. The van der Waals surface area contributed by atoms with Crippen molar-refractivity contribution in [2.24, 2.45) is 0 Å². The van der Waals surface area contributed by atoms with Crippen molar-refractivity contribution in [1.29, 1.82) is 0 Å². The predicted molar refractivity (Wildman–Crippen MR) is 64.8 cm³/mol. The van der Waals surface area contributed by atoms with Crippen LogP contribution in [0.25, 0.3) is 0 Å². The molecule has 2 nitrogen and oxygen atoms in total. The molecule has 4 heteroatoms. The van der Waals surface area contributed by atoms with Crippen molar-refractivity contribution in [3.8, 4) is 0 Å². The van der Waals surface area contributed by atoms with E-state index in [1.165, 1.54) is 18.2 Å². The number of benzene rings is 1. The summed E-state index contributed by atoms with van der Waals surface area (Å²) >= 11 is 1.92. The highest BCUT2D eigenvalue weighted by molar-refractivity contribution is 7.99. The molecule has 0 amide bonds. The molecular weight excluding hydrogens is 211 g/mol. The molecule has 0 radical (unpaired) electrons. The number of hydrogen-bond acceptors (Lipinski definition) is 3. The third-order valence-corrected chi connectivity index (χ3v) is 3.73. The van der Waals surface area contributed by atoms with E-state index in [0.717, 1.165) is 12.2 Å². The van der Waals surface area contributed by atoms with E-state index in [9.17, 15) is 4.39 Å². The summed E-state index contributed by atoms with van der Waals surface area (Å²) in [6, 6.07) is 5.19. The number of nitrogens with two attached hydrogens (primary N) is 1. The van der Waals surface area contributed by atoms with Gasteiger partial charge in [-0.1, -0.05) is 0 Å². The molecule has 1 aromatic rings. The summed E-state index contributed by atoms with van der Waals surface area (Å²) in [6.45, 7) is 0. The molecule has 1 atom stereocenters. The van der Waals surface area contributed by atoms with Gasteiger partial charge in [0.25, 0.3) is 0 Å². The third-order valence-electron chi connectivity index (χ3n) is 2.51. The Kier molecular flexibility index (Phi) is 3.36. The van der Waals surface area contributed by atoms with Crippen molar-refractivity contribution in [3.63, 3.8) is 0 Å². The first-order chi connectivity index (χ1) is 7.25. The summed E-state index contributed by atoms with van der Waals surface area (Å²) in [4.78, 5) is 0. The second-order valence-corrected chi connectivity index (χ2v) is 4.95. The van der Waals surface area contributed by atoms with Crippen molar-refractivity contribution < 1.29 is 4.39 Å². The quantitative estimate of drug-likeness (QED) is 0.761. The second-order valence-electron chi connectivity index (χ2n) is 3.80. The first-order valence-electron chi connectivity index (χ1n) is 5.15. The summed E-state index contributed by atoms with van der Waals surface area (Å²) in [5, 5.41) is 3.22. The highest BCUT2D eigenvalue weighted by Gasteiger charge is 2.14. The normalized spacial score (nSPS) is 21.3. The van der Waals surface area contributed by atoms with Gasteiger partial charge in [0.1, 0.15) is 5.82 Å². The van der Waals surface area contributed by atoms with Crippen molar-refractivity contribution >= 4 is 23.1 Å². The van der Waals surface area contributed by atoms with Crippen LogP contribution in [-0.2, 0) is 0 Å². The molecular formula is C11H15FN2S. The SMILES string of the molecule is Nc1ccc(NC2CCCSC2)c(F)c1. The lowest BCUT2D eigenvalue weighted by Gasteiger charge is -2.23. The summed E-state index contributed by atoms with van der Waals surface area (Å²) in [5.74, 6) is 2.03. The van der Waals surface area contributed by atoms with Gasteiger partial charge in [-0.2, -0.15) is 11.8 Å². The maximum absolute atomic E-state index is 13.5. The molecule has 2 rings (SSSR count). The number of thioether (sulfide) groups is 1. The standard InChI is InChI=1S/C11H15FN2S/c12-10-6-8(13)3-4-11(10)14-9-2-1-5-15-7-9/h3-4,6,9,14H,1-2,5,7,13H2. The summed E-state index contributed by atoms with van der Waals surface area (Å²) in [7, 11) is 0. The van der Waals surface area contributed by atoms with E-state index in [0.29, 0.717) is 17.4 Å². The van der Waals surface area contributed by atoms with E-state index < -0.39 is 0 Å². The Labute approximate surface area is 93.4 Å². The molecule has 0 bridgehead atoms. The number of nitrogens with one attached hydrogen (secondary N) is 1. The number of hydrogen-bond donors (Lipinski definition) is 2. The first kappa shape index (κ1) is 10.6. The topological polar surface area (TPSA) is 38.0 Å². The zero-order valence-electron chi connectivity index (χ0n) is 8.50. The molecule has 0 spiro atoms. The van der Waals surface area contributed by atoms with Gasteiger partial charge in [0.15, 0.2) is 0 Å². The van der Waals surface area contributed by atoms with Crippen LogP contribution >= 0.6 is 11.8 Å². The minimum absolute atomic E-state index is 0.259. The molecule has 3 N–H and O–H groups in total. The van der Waals surface area contributed by atoms with Crippen LogP contribution < -0.4 is 11.1 Å². The zero-order chi connectivity index (χ0) is 10.7. The molecule has 0 aliphatic carbocycles. The smallest absolute Gasteiger partial charge is 0.148 e. The van der Waals surface area contributed by atoms with Crippen LogP contribution in [0.1, 0.15) is 12.8 Å². The van der Waals surface area contributed by atoms with Gasteiger partial charge in [0.05, 0.1) is 5.69 Å². The van der Waals surface area contributed by atoms with E-state index in [4.69, 9.17) is 5.73 Å². The minimum atomic E-state index is -0.259. The highest BCUT2D eigenvalue weighted by Crippen LogP contribution is 2.23. The zero-order valence-corrected chi connectivity index (χ0v) is 9.32. The van der Waals surface area contributed by atoms with Crippen LogP contribution in [0, 0.1) is 5.82 Å². The third kappa shape index (κ3) is 2.78. The molecule has 1 fully saturated rings. The maximum Gasteiger partial charge on any atom is 0.148 e. The minimum Gasteiger partial charge on any atom is -0.399 e. The van der Waals surface area contributed by atoms with Gasteiger partial charge in [-0.3, -0.25) is 0 Å². The Balaban J connectivity index is 2.03. The summed E-state index contributed by atoms with van der Waals surface area (Å²) in [6.07, 6.45) is 2.33. The monoisotopic (exact) mass is 226 g/mol. The highest BCUT2D eigenvalue weighted by atomic mass is 32.2. The molecule has 1 heterocycles. The van der Waals surface area contributed by atoms with Crippen LogP contribution in [0.4, 0.5) is 15.8 Å². The van der Waals surface area contributed by atoms with E-state index in [2.05, 4.69) is 5.32 Å². The Morgan fingerprint density at radius 3 is 3.00 bits per heavy atom. The molecule has 82 valence electrons. The summed E-state index contributed by atoms with van der Waals surface area (Å²) in [5.41, 5.74) is 6.52. The van der Waals surface area contributed by atoms with E-state index in [1.54, 1.807) is 12.1 Å². The molecule has 1 unspecified atom stereocenters. The average molecular weight is 226 g/mol. The van der Waals surface area contributed by atoms with Crippen LogP contribution in [0.15, 0.2) is 18.2 Å². The maximum atomic E-state index is 13.5. The van der Waals surface area contributed by atoms with E-state index >= 15 is 0 Å². The summed E-state index contributed by atoms with van der Waals surface area (Å²) < 4.78 is 13.5. The van der Waals surface area contributed by atoms with Gasteiger partial charge in [-0.05, 0) is 36.8 Å². The fourth-order valence-electron chi connectivity index (χ4n) is 1.72. The first-order valence-corrected chi connectivity index (χ1v) is 6.30. The van der Waals surface area contributed by atoms with E-state index in [-0.39, 0.29) is 5.82 Å². The van der Waals surface area contributed by atoms with Gasteiger partial charge < -0.3 is 11.1 Å². The lowest BCUT2D eigenvalue weighted by Crippen LogP contribution is -2.26. The molecule has 1 aliphatic rings. The Morgan fingerprint density at radius 1 is 1.47 bits per heavy atom. The fraction of sp³-hybridized carbons (Fsp3) is 0.455. The van der Waals surface area contributed by atoms with Gasteiger partial charge in [0, 0.05) is 17.5 Å². The molecule has 15 heavy (non-hydrogen) atoms. The predicted octanol–water partition coefficient (Wildman–Crippen LogP) is 2.72. The van der Waals surface area contributed by atoms with Crippen LogP contribution in [0.3, 0.4) is 0 Å². The Hall–Kier alpha value is -0.900. The number of nitrogen functional groups attached to an aromatic ring is 1. The second kappa shape index (κ2) is 4.75. The Morgan fingerprint density at radius 2 is 2.33 bits per heavy atom. The van der Waals surface area contributed by atoms with Gasteiger partial charge in [-0.25, -0.2) is 4.39 Å². The van der Waals surface area contributed by atoms with E-state index in [1.807, 2.05) is 11.8 Å². The van der Waals surface area contributed by atoms with Gasteiger partial charge in [-0.15, -0.1) is 0 Å². The van der Waals surface area contributed by atoms with Gasteiger partial charge >= 0.3 is 0 Å². The number of anilines is 2. The lowest BCUT2D eigenvalue weighted by molar-refractivity contribution is 0.620. The van der Waals surface area contributed by atoms with Gasteiger partial charge in [0.2, 0.25) is 0 Å². The van der Waals surface area contributed by atoms with Crippen LogP contribution in [0.2, 0.25) is 0 Å². The molecule has 1 aliphatic heterocycles. The van der Waals surface area contributed by atoms with Crippen LogP contribution in [-0.4, -0.2) is 17.5 Å². The van der Waals surface area contributed by atoms with Crippen molar-refractivity contribution in [3.05, 3.63) is 24.0 Å².